The average molecular weight is 343 g/mol. The van der Waals surface area contributed by atoms with E-state index >= 15 is 0 Å². The number of nitrogens with zero attached hydrogens (tertiary/aromatic N) is 1. The number of nitrogens with one attached hydrogen (secondary N) is 1. The molecule has 136 valence electrons. The van der Waals surface area contributed by atoms with Crippen molar-refractivity contribution in [2.75, 3.05) is 13.1 Å². The summed E-state index contributed by atoms with van der Waals surface area (Å²) in [7, 11) is 0. The van der Waals surface area contributed by atoms with E-state index in [1.807, 2.05) is 12.1 Å². The monoisotopic (exact) mass is 343 g/mol. The van der Waals surface area contributed by atoms with Gasteiger partial charge in [-0.3, -0.25) is 14.5 Å². The molecule has 3 rings (SSSR count). The fourth-order valence-corrected chi connectivity index (χ4v) is 4.01. The molecule has 1 saturated heterocycles. The van der Waals surface area contributed by atoms with Crippen LogP contribution in [0.15, 0.2) is 24.3 Å². The number of primary amides is 1. The van der Waals surface area contributed by atoms with Crippen LogP contribution >= 0.6 is 0 Å². The molecule has 0 radical (unpaired) electrons. The van der Waals surface area contributed by atoms with Gasteiger partial charge in [0, 0.05) is 24.7 Å². The zero-order chi connectivity index (χ0) is 17.6. The molecular formula is C20H29N3O2. The first kappa shape index (κ1) is 17.9. The number of carbonyl (C=O) groups excluding carboxylic acids is 2. The molecule has 0 spiro atoms. The van der Waals surface area contributed by atoms with Crippen molar-refractivity contribution in [2.24, 2.45) is 11.7 Å². The van der Waals surface area contributed by atoms with Gasteiger partial charge < -0.3 is 11.1 Å². The van der Waals surface area contributed by atoms with Crippen molar-refractivity contribution >= 4 is 11.8 Å². The van der Waals surface area contributed by atoms with Crippen LogP contribution in [0.5, 0.6) is 0 Å². The van der Waals surface area contributed by atoms with Crippen LogP contribution in [0.2, 0.25) is 0 Å². The number of amides is 2. The van der Waals surface area contributed by atoms with Crippen molar-refractivity contribution < 1.29 is 9.59 Å². The SMILES string of the molecule is NC(=O)c1ccc(CN2CCCC(C(=O)NC3CCCCC3)C2)cc1. The van der Waals surface area contributed by atoms with Crippen LogP contribution in [-0.2, 0) is 11.3 Å². The molecular weight excluding hydrogens is 314 g/mol. The summed E-state index contributed by atoms with van der Waals surface area (Å²) in [5.41, 5.74) is 6.97. The highest BCUT2D eigenvalue weighted by atomic mass is 16.2. The van der Waals surface area contributed by atoms with Crippen LogP contribution in [0, 0.1) is 5.92 Å². The molecule has 2 aliphatic rings. The number of likely N-dealkylation sites (tertiary alicyclic amines) is 1. The lowest BCUT2D eigenvalue weighted by Crippen LogP contribution is -2.46. The molecule has 2 amide bonds. The van der Waals surface area contributed by atoms with E-state index in [-0.39, 0.29) is 11.8 Å². The zero-order valence-electron chi connectivity index (χ0n) is 14.9. The van der Waals surface area contributed by atoms with Gasteiger partial charge in [-0.1, -0.05) is 31.4 Å². The van der Waals surface area contributed by atoms with Crippen LogP contribution in [0.4, 0.5) is 0 Å². The van der Waals surface area contributed by atoms with E-state index in [2.05, 4.69) is 10.2 Å². The van der Waals surface area contributed by atoms with Crippen molar-refractivity contribution in [1.82, 2.24) is 10.2 Å². The molecule has 5 nitrogen and oxygen atoms in total. The quantitative estimate of drug-likeness (QED) is 0.862. The van der Waals surface area contributed by atoms with E-state index in [9.17, 15) is 9.59 Å². The molecule has 3 N–H and O–H groups in total. The second-order valence-electron chi connectivity index (χ2n) is 7.48. The summed E-state index contributed by atoms with van der Waals surface area (Å²) in [4.78, 5) is 26.1. The van der Waals surface area contributed by atoms with Crippen LogP contribution in [-0.4, -0.2) is 35.8 Å². The van der Waals surface area contributed by atoms with E-state index in [4.69, 9.17) is 5.73 Å². The molecule has 2 fully saturated rings. The topological polar surface area (TPSA) is 75.4 Å². The Morgan fingerprint density at radius 2 is 1.76 bits per heavy atom. The maximum absolute atomic E-state index is 12.6. The summed E-state index contributed by atoms with van der Waals surface area (Å²) < 4.78 is 0. The second-order valence-corrected chi connectivity index (χ2v) is 7.48. The Morgan fingerprint density at radius 1 is 1.04 bits per heavy atom. The largest absolute Gasteiger partial charge is 0.366 e. The summed E-state index contributed by atoms with van der Waals surface area (Å²) in [6.07, 6.45) is 8.09. The first-order chi connectivity index (χ1) is 12.1. The van der Waals surface area contributed by atoms with E-state index in [0.29, 0.717) is 11.6 Å². The van der Waals surface area contributed by atoms with Crippen LogP contribution in [0.1, 0.15) is 60.9 Å². The number of hydrogen-bond donors (Lipinski definition) is 2. The number of carbonyl (C=O) groups is 2. The van der Waals surface area contributed by atoms with Crippen LogP contribution in [0.25, 0.3) is 0 Å². The molecule has 5 heteroatoms. The third-order valence-electron chi connectivity index (χ3n) is 5.47. The molecule has 1 heterocycles. The molecule has 1 atom stereocenters. The first-order valence-electron chi connectivity index (χ1n) is 9.53. The molecule has 25 heavy (non-hydrogen) atoms. The van der Waals surface area contributed by atoms with Gasteiger partial charge in [0.2, 0.25) is 11.8 Å². The van der Waals surface area contributed by atoms with Gasteiger partial charge in [-0.25, -0.2) is 0 Å². The van der Waals surface area contributed by atoms with Gasteiger partial charge in [-0.2, -0.15) is 0 Å². The maximum Gasteiger partial charge on any atom is 0.248 e. The van der Waals surface area contributed by atoms with Gasteiger partial charge >= 0.3 is 0 Å². The van der Waals surface area contributed by atoms with E-state index in [1.165, 1.54) is 19.3 Å². The minimum atomic E-state index is -0.399. The predicted molar refractivity (Wildman–Crippen MR) is 98.0 cm³/mol. The summed E-state index contributed by atoms with van der Waals surface area (Å²) in [5.74, 6) is -0.0646. The molecule has 0 bridgehead atoms. The fraction of sp³-hybridized carbons (Fsp3) is 0.600. The smallest absolute Gasteiger partial charge is 0.248 e. The number of nitrogens with two attached hydrogens (primary N) is 1. The zero-order valence-corrected chi connectivity index (χ0v) is 14.9. The van der Waals surface area contributed by atoms with E-state index in [1.54, 1.807) is 12.1 Å². The second kappa shape index (κ2) is 8.48. The highest BCUT2D eigenvalue weighted by Crippen LogP contribution is 2.22. The summed E-state index contributed by atoms with van der Waals surface area (Å²) in [5, 5.41) is 3.28. The molecule has 1 aromatic rings. The van der Waals surface area contributed by atoms with Gasteiger partial charge in [0.05, 0.1) is 5.92 Å². The van der Waals surface area contributed by atoms with Gasteiger partial charge in [0.15, 0.2) is 0 Å². The number of hydrogen-bond acceptors (Lipinski definition) is 3. The lowest BCUT2D eigenvalue weighted by atomic mass is 9.93. The lowest BCUT2D eigenvalue weighted by molar-refractivity contribution is -0.127. The maximum atomic E-state index is 12.6. The van der Waals surface area contributed by atoms with Crippen LogP contribution in [0.3, 0.4) is 0 Å². The van der Waals surface area contributed by atoms with Crippen molar-refractivity contribution in [1.29, 1.82) is 0 Å². The molecule has 1 saturated carbocycles. The van der Waals surface area contributed by atoms with Crippen molar-refractivity contribution in [3.63, 3.8) is 0 Å². The Morgan fingerprint density at radius 3 is 2.44 bits per heavy atom. The van der Waals surface area contributed by atoms with Gasteiger partial charge in [-0.05, 0) is 49.9 Å². The van der Waals surface area contributed by atoms with Crippen LogP contribution < -0.4 is 11.1 Å². The average Bonchev–Trinajstić information content (AvgIpc) is 2.63. The summed E-state index contributed by atoms with van der Waals surface area (Å²) >= 11 is 0. The summed E-state index contributed by atoms with van der Waals surface area (Å²) in [6.45, 7) is 2.65. The fourth-order valence-electron chi connectivity index (χ4n) is 4.01. The molecule has 1 aromatic carbocycles. The molecule has 0 aromatic heterocycles. The number of piperidine rings is 1. The first-order valence-corrected chi connectivity index (χ1v) is 9.53. The van der Waals surface area contributed by atoms with E-state index in [0.717, 1.165) is 50.9 Å². The third-order valence-corrected chi connectivity index (χ3v) is 5.47. The minimum Gasteiger partial charge on any atom is -0.366 e. The normalized spacial score (nSPS) is 22.5. The molecule has 1 unspecified atom stereocenters. The highest BCUT2D eigenvalue weighted by Gasteiger charge is 2.27. The van der Waals surface area contributed by atoms with Gasteiger partial charge in [0.1, 0.15) is 0 Å². The Labute approximate surface area is 150 Å². The predicted octanol–water partition coefficient (Wildman–Crippen LogP) is 2.45. The standard InChI is InChI=1S/C20H29N3O2/c21-19(24)16-10-8-15(9-11-16)13-23-12-4-5-17(14-23)20(25)22-18-6-2-1-3-7-18/h8-11,17-18H,1-7,12-14H2,(H2,21,24)(H,22,25). The summed E-state index contributed by atoms with van der Waals surface area (Å²) in [6, 6.07) is 7.83. The van der Waals surface area contributed by atoms with Crippen molar-refractivity contribution in [3.8, 4) is 0 Å². The Kier molecular flexibility index (Phi) is 6.08. The Hall–Kier alpha value is -1.88. The number of benzene rings is 1. The van der Waals surface area contributed by atoms with Crippen molar-refractivity contribution in [3.05, 3.63) is 35.4 Å². The lowest BCUT2D eigenvalue weighted by Gasteiger charge is -2.33. The third kappa shape index (κ3) is 5.05. The van der Waals surface area contributed by atoms with Crippen molar-refractivity contribution in [2.45, 2.75) is 57.5 Å². The van der Waals surface area contributed by atoms with Gasteiger partial charge in [0.25, 0.3) is 0 Å². The Balaban J connectivity index is 1.51. The van der Waals surface area contributed by atoms with E-state index < -0.39 is 5.91 Å². The molecule has 1 aliphatic heterocycles. The minimum absolute atomic E-state index is 0.0977. The Bertz CT molecular complexity index is 593. The highest BCUT2D eigenvalue weighted by molar-refractivity contribution is 5.92. The van der Waals surface area contributed by atoms with Gasteiger partial charge in [-0.15, -0.1) is 0 Å². The number of rotatable bonds is 5. The molecule has 1 aliphatic carbocycles.